The highest BCUT2D eigenvalue weighted by atomic mass is 16.5. The van der Waals surface area contributed by atoms with E-state index in [1.54, 1.807) is 6.08 Å². The second-order valence-electron chi connectivity index (χ2n) is 19.6. The van der Waals surface area contributed by atoms with E-state index in [-0.39, 0.29) is 18.5 Å². The van der Waals surface area contributed by atoms with Crippen molar-refractivity contribution in [2.24, 2.45) is 0 Å². The average Bonchev–Trinajstić information content (AvgIpc) is 3.28. The number of rotatable bonds is 53. The van der Waals surface area contributed by atoms with Gasteiger partial charge in [0.15, 0.2) is 0 Å². The molecule has 0 fully saturated rings. The van der Waals surface area contributed by atoms with E-state index in [0.717, 1.165) is 57.8 Å². The van der Waals surface area contributed by atoms with Crippen LogP contribution in [0.4, 0.5) is 0 Å². The highest BCUT2D eigenvalue weighted by Crippen LogP contribution is 2.17. The van der Waals surface area contributed by atoms with Crippen LogP contribution in [0.15, 0.2) is 12.2 Å². The van der Waals surface area contributed by atoms with Crippen LogP contribution in [0, 0.1) is 0 Å². The molecule has 2 atom stereocenters. The third-order valence-electron chi connectivity index (χ3n) is 13.3. The first-order valence-corrected chi connectivity index (χ1v) is 28.5. The van der Waals surface area contributed by atoms with Gasteiger partial charge in [0.1, 0.15) is 0 Å². The SMILES string of the molecule is CCCCCCCCCCCCCCCCCCC/C=C/C(O)C(CO)NC(=O)CCCCCCCCCCCCCCCOC(=O)CCCCCCCCCCCCCCCC. The molecule has 2 unspecified atom stereocenters. The van der Waals surface area contributed by atoms with Crippen molar-refractivity contribution in [3.63, 3.8) is 0 Å². The van der Waals surface area contributed by atoms with Crippen LogP contribution in [0.3, 0.4) is 0 Å². The van der Waals surface area contributed by atoms with Crippen LogP contribution in [0.1, 0.15) is 316 Å². The highest BCUT2D eigenvalue weighted by molar-refractivity contribution is 5.76. The van der Waals surface area contributed by atoms with Gasteiger partial charge in [0.2, 0.25) is 5.91 Å². The van der Waals surface area contributed by atoms with Crippen molar-refractivity contribution in [3.8, 4) is 0 Å². The number of amides is 1. The van der Waals surface area contributed by atoms with Gasteiger partial charge in [0.05, 0.1) is 25.4 Å². The fourth-order valence-corrected chi connectivity index (χ4v) is 8.93. The second kappa shape index (κ2) is 53.2. The van der Waals surface area contributed by atoms with Crippen molar-refractivity contribution in [1.29, 1.82) is 0 Å². The summed E-state index contributed by atoms with van der Waals surface area (Å²) < 4.78 is 5.47. The van der Waals surface area contributed by atoms with Gasteiger partial charge in [-0.1, -0.05) is 283 Å². The molecule has 0 bridgehead atoms. The van der Waals surface area contributed by atoms with Gasteiger partial charge in [-0.2, -0.15) is 0 Å². The van der Waals surface area contributed by atoms with Crippen LogP contribution in [0.2, 0.25) is 0 Å². The molecule has 0 aliphatic rings. The molecule has 0 aliphatic carbocycles. The van der Waals surface area contributed by atoms with Crippen molar-refractivity contribution in [2.75, 3.05) is 13.2 Å². The van der Waals surface area contributed by atoms with Crippen molar-refractivity contribution in [2.45, 2.75) is 328 Å². The maximum absolute atomic E-state index is 12.5. The van der Waals surface area contributed by atoms with E-state index in [4.69, 9.17) is 4.74 Å². The molecule has 0 aromatic heterocycles. The van der Waals surface area contributed by atoms with Crippen LogP contribution in [0.5, 0.6) is 0 Å². The molecule has 0 aliphatic heterocycles. The molecule has 0 aromatic rings. The molecule has 1 amide bonds. The number of hydrogen-bond donors (Lipinski definition) is 3. The van der Waals surface area contributed by atoms with Crippen LogP contribution in [0.25, 0.3) is 0 Å². The monoisotopic (exact) mass is 890 g/mol. The van der Waals surface area contributed by atoms with Gasteiger partial charge in [-0.25, -0.2) is 0 Å². The number of aliphatic hydroxyl groups is 2. The van der Waals surface area contributed by atoms with Crippen LogP contribution < -0.4 is 5.32 Å². The zero-order valence-corrected chi connectivity index (χ0v) is 42.6. The summed E-state index contributed by atoms with van der Waals surface area (Å²) in [5.74, 6) is -0.0816. The Bertz CT molecular complexity index is 939. The van der Waals surface area contributed by atoms with E-state index in [0.29, 0.717) is 19.4 Å². The van der Waals surface area contributed by atoms with Crippen molar-refractivity contribution in [3.05, 3.63) is 12.2 Å². The Balaban J connectivity index is 3.47. The first-order valence-electron chi connectivity index (χ1n) is 28.5. The number of allylic oxidation sites excluding steroid dienone is 1. The Morgan fingerprint density at radius 2 is 0.730 bits per heavy atom. The minimum absolute atomic E-state index is 0.00392. The van der Waals surface area contributed by atoms with E-state index < -0.39 is 12.1 Å². The lowest BCUT2D eigenvalue weighted by molar-refractivity contribution is -0.143. The normalized spacial score (nSPS) is 12.6. The summed E-state index contributed by atoms with van der Waals surface area (Å²) in [6.45, 7) is 4.90. The maximum atomic E-state index is 12.5. The van der Waals surface area contributed by atoms with E-state index in [1.165, 1.54) is 231 Å². The first-order chi connectivity index (χ1) is 31.0. The highest BCUT2D eigenvalue weighted by Gasteiger charge is 2.18. The number of hydrogen-bond acceptors (Lipinski definition) is 5. The van der Waals surface area contributed by atoms with Crippen LogP contribution >= 0.6 is 0 Å². The summed E-state index contributed by atoms with van der Waals surface area (Å²) in [5.41, 5.74) is 0. The summed E-state index contributed by atoms with van der Waals surface area (Å²) in [5, 5.41) is 23.1. The molecule has 0 saturated carbocycles. The standard InChI is InChI=1S/C57H111NO5/c1-3-5-7-9-11-13-15-17-19-20-21-22-23-25-29-33-37-41-45-49-55(60)54(53-59)58-56(61)50-46-42-38-34-30-26-24-28-32-36-40-44-48-52-63-57(62)51-47-43-39-35-31-27-18-16-14-12-10-8-6-4-2/h45,49,54-55,59-60H,3-44,46-48,50-53H2,1-2H3,(H,58,61)/b49-45+. The number of aliphatic hydroxyl groups excluding tert-OH is 2. The topological polar surface area (TPSA) is 95.9 Å². The Hall–Kier alpha value is -1.40. The van der Waals surface area contributed by atoms with Crippen molar-refractivity contribution >= 4 is 11.9 Å². The minimum atomic E-state index is -0.852. The molecule has 0 saturated heterocycles. The average molecular weight is 891 g/mol. The number of esters is 1. The zero-order valence-electron chi connectivity index (χ0n) is 42.6. The van der Waals surface area contributed by atoms with E-state index in [2.05, 4.69) is 19.2 Å². The fraction of sp³-hybridized carbons (Fsp3) is 0.930. The van der Waals surface area contributed by atoms with Gasteiger partial charge in [-0.3, -0.25) is 9.59 Å². The summed E-state index contributed by atoms with van der Waals surface area (Å²) in [7, 11) is 0. The molecular formula is C57H111NO5. The quantitative estimate of drug-likeness (QED) is 0.0321. The lowest BCUT2D eigenvalue weighted by atomic mass is 10.0. The van der Waals surface area contributed by atoms with Gasteiger partial charge in [0.25, 0.3) is 0 Å². The lowest BCUT2D eigenvalue weighted by Gasteiger charge is -2.20. The Kier molecular flexibility index (Phi) is 52.0. The lowest BCUT2D eigenvalue weighted by Crippen LogP contribution is -2.45. The molecule has 0 heterocycles. The number of carbonyl (C=O) groups excluding carboxylic acids is 2. The maximum Gasteiger partial charge on any atom is 0.305 e. The number of unbranched alkanes of at least 4 members (excludes halogenated alkanes) is 42. The van der Waals surface area contributed by atoms with Crippen LogP contribution in [-0.4, -0.2) is 47.4 Å². The molecule has 0 spiro atoms. The molecule has 3 N–H and O–H groups in total. The van der Waals surface area contributed by atoms with Gasteiger partial charge in [0, 0.05) is 12.8 Å². The summed E-state index contributed by atoms with van der Waals surface area (Å²) in [6, 6.07) is -0.637. The van der Waals surface area contributed by atoms with Crippen LogP contribution in [-0.2, 0) is 14.3 Å². The van der Waals surface area contributed by atoms with Gasteiger partial charge >= 0.3 is 5.97 Å². The predicted molar refractivity (Wildman–Crippen MR) is 273 cm³/mol. The molecule has 63 heavy (non-hydrogen) atoms. The summed E-state index contributed by atoms with van der Waals surface area (Å²) in [6.07, 6.45) is 62.2. The summed E-state index contributed by atoms with van der Waals surface area (Å²) in [4.78, 5) is 24.5. The first kappa shape index (κ1) is 61.6. The Morgan fingerprint density at radius 1 is 0.429 bits per heavy atom. The molecule has 0 aromatic carbocycles. The smallest absolute Gasteiger partial charge is 0.305 e. The second-order valence-corrected chi connectivity index (χ2v) is 19.6. The number of nitrogens with one attached hydrogen (secondary N) is 1. The Labute approximate surface area is 393 Å². The molecular weight excluding hydrogens is 779 g/mol. The molecule has 6 nitrogen and oxygen atoms in total. The predicted octanol–water partition coefficient (Wildman–Crippen LogP) is 17.3. The molecule has 6 heteroatoms. The van der Waals surface area contributed by atoms with E-state index in [9.17, 15) is 19.8 Å². The number of ether oxygens (including phenoxy) is 1. The largest absolute Gasteiger partial charge is 0.466 e. The number of carbonyl (C=O) groups is 2. The van der Waals surface area contributed by atoms with Gasteiger partial charge in [-0.05, 0) is 32.1 Å². The third-order valence-corrected chi connectivity index (χ3v) is 13.3. The fourth-order valence-electron chi connectivity index (χ4n) is 8.93. The zero-order chi connectivity index (χ0) is 45.8. The summed E-state index contributed by atoms with van der Waals surface area (Å²) >= 11 is 0. The molecule has 0 rings (SSSR count). The third kappa shape index (κ3) is 49.9. The minimum Gasteiger partial charge on any atom is -0.466 e. The Morgan fingerprint density at radius 3 is 1.08 bits per heavy atom. The van der Waals surface area contributed by atoms with Crippen molar-refractivity contribution < 1.29 is 24.5 Å². The van der Waals surface area contributed by atoms with Gasteiger partial charge in [-0.15, -0.1) is 0 Å². The van der Waals surface area contributed by atoms with E-state index >= 15 is 0 Å². The van der Waals surface area contributed by atoms with E-state index in [1.807, 2.05) is 6.08 Å². The van der Waals surface area contributed by atoms with Crippen molar-refractivity contribution in [1.82, 2.24) is 5.32 Å². The molecule has 374 valence electrons. The van der Waals surface area contributed by atoms with Gasteiger partial charge < -0.3 is 20.3 Å². The molecule has 0 radical (unpaired) electrons.